The molecule has 0 aromatic rings. The van der Waals surface area contributed by atoms with E-state index in [2.05, 4.69) is 11.8 Å². The fourth-order valence-corrected chi connectivity index (χ4v) is 2.89. The van der Waals surface area contributed by atoms with Gasteiger partial charge in [-0.05, 0) is 44.1 Å². The lowest BCUT2D eigenvalue weighted by atomic mass is 9.76. The van der Waals surface area contributed by atoms with Gasteiger partial charge in [0.05, 0.1) is 6.61 Å². The van der Waals surface area contributed by atoms with Crippen molar-refractivity contribution in [2.24, 2.45) is 11.8 Å². The maximum absolute atomic E-state index is 9.15. The summed E-state index contributed by atoms with van der Waals surface area (Å²) in [7, 11) is 0. The molecule has 0 bridgehead atoms. The SMILES string of the molecule is CC1CC(CN2CCC[C@H]2CO)C1. The van der Waals surface area contributed by atoms with Crippen LogP contribution in [0.5, 0.6) is 0 Å². The molecule has 1 heterocycles. The van der Waals surface area contributed by atoms with Gasteiger partial charge in [0.1, 0.15) is 0 Å². The topological polar surface area (TPSA) is 23.5 Å². The molecule has 0 radical (unpaired) electrons. The number of nitrogens with zero attached hydrogens (tertiary/aromatic N) is 1. The first-order valence-electron chi connectivity index (χ1n) is 5.64. The molecule has 0 aromatic heterocycles. The highest BCUT2D eigenvalue weighted by atomic mass is 16.3. The minimum atomic E-state index is 0.363. The molecular formula is C11H21NO. The van der Waals surface area contributed by atoms with Crippen LogP contribution in [-0.2, 0) is 0 Å². The second-order valence-corrected chi connectivity index (χ2v) is 4.92. The van der Waals surface area contributed by atoms with Crippen LogP contribution < -0.4 is 0 Å². The predicted octanol–water partition coefficient (Wildman–Crippen LogP) is 1.49. The Morgan fingerprint density at radius 1 is 1.38 bits per heavy atom. The summed E-state index contributed by atoms with van der Waals surface area (Å²) in [5.74, 6) is 1.89. The molecule has 1 aliphatic carbocycles. The van der Waals surface area contributed by atoms with Gasteiger partial charge in [0.25, 0.3) is 0 Å². The molecule has 2 fully saturated rings. The molecule has 0 aromatic carbocycles. The third kappa shape index (κ3) is 2.05. The molecule has 1 N–H and O–H groups in total. The van der Waals surface area contributed by atoms with Crippen molar-refractivity contribution in [2.45, 2.75) is 38.6 Å². The van der Waals surface area contributed by atoms with Crippen LogP contribution in [0.4, 0.5) is 0 Å². The van der Waals surface area contributed by atoms with E-state index >= 15 is 0 Å². The van der Waals surface area contributed by atoms with E-state index < -0.39 is 0 Å². The first-order valence-corrected chi connectivity index (χ1v) is 5.64. The molecule has 1 saturated heterocycles. The van der Waals surface area contributed by atoms with Gasteiger partial charge in [-0.2, -0.15) is 0 Å². The van der Waals surface area contributed by atoms with Crippen molar-refractivity contribution in [3.63, 3.8) is 0 Å². The zero-order valence-electron chi connectivity index (χ0n) is 8.58. The van der Waals surface area contributed by atoms with Gasteiger partial charge in [0.15, 0.2) is 0 Å². The molecule has 13 heavy (non-hydrogen) atoms. The minimum Gasteiger partial charge on any atom is -0.395 e. The molecule has 0 amide bonds. The Morgan fingerprint density at radius 3 is 2.77 bits per heavy atom. The monoisotopic (exact) mass is 183 g/mol. The van der Waals surface area contributed by atoms with Crippen molar-refractivity contribution in [1.82, 2.24) is 4.90 Å². The van der Waals surface area contributed by atoms with Crippen LogP contribution in [0.15, 0.2) is 0 Å². The fourth-order valence-electron chi connectivity index (χ4n) is 2.89. The summed E-state index contributed by atoms with van der Waals surface area (Å²) in [4.78, 5) is 2.50. The van der Waals surface area contributed by atoms with E-state index in [9.17, 15) is 0 Å². The average molecular weight is 183 g/mol. The Balaban J connectivity index is 1.74. The largest absolute Gasteiger partial charge is 0.395 e. The smallest absolute Gasteiger partial charge is 0.0586 e. The van der Waals surface area contributed by atoms with E-state index in [4.69, 9.17) is 5.11 Å². The summed E-state index contributed by atoms with van der Waals surface area (Å²) >= 11 is 0. The molecule has 76 valence electrons. The number of hydrogen-bond acceptors (Lipinski definition) is 2. The molecule has 2 aliphatic rings. The van der Waals surface area contributed by atoms with Crippen molar-refractivity contribution < 1.29 is 5.11 Å². The van der Waals surface area contributed by atoms with Crippen LogP contribution in [0.1, 0.15) is 32.6 Å². The van der Waals surface area contributed by atoms with Crippen LogP contribution in [-0.4, -0.2) is 35.7 Å². The van der Waals surface area contributed by atoms with Crippen LogP contribution in [0.25, 0.3) is 0 Å². The van der Waals surface area contributed by atoms with Crippen molar-refractivity contribution in [3.8, 4) is 0 Å². The highest BCUT2D eigenvalue weighted by Gasteiger charge is 2.31. The summed E-state index contributed by atoms with van der Waals surface area (Å²) < 4.78 is 0. The number of hydrogen-bond donors (Lipinski definition) is 1. The quantitative estimate of drug-likeness (QED) is 0.716. The molecule has 0 unspecified atom stereocenters. The van der Waals surface area contributed by atoms with Crippen LogP contribution >= 0.6 is 0 Å². The van der Waals surface area contributed by atoms with Gasteiger partial charge >= 0.3 is 0 Å². The Bertz CT molecular complexity index is 165. The Hall–Kier alpha value is -0.0800. The Labute approximate surface area is 80.9 Å². The molecule has 2 rings (SSSR count). The average Bonchev–Trinajstić information content (AvgIpc) is 2.49. The van der Waals surface area contributed by atoms with Crippen molar-refractivity contribution in [1.29, 1.82) is 0 Å². The molecular weight excluding hydrogens is 162 g/mol. The van der Waals surface area contributed by atoms with E-state index in [-0.39, 0.29) is 0 Å². The van der Waals surface area contributed by atoms with E-state index in [0.717, 1.165) is 11.8 Å². The molecule has 0 spiro atoms. The summed E-state index contributed by atoms with van der Waals surface area (Å²) in [5.41, 5.74) is 0. The minimum absolute atomic E-state index is 0.363. The van der Waals surface area contributed by atoms with E-state index in [0.29, 0.717) is 12.6 Å². The van der Waals surface area contributed by atoms with E-state index in [1.807, 2.05) is 0 Å². The summed E-state index contributed by atoms with van der Waals surface area (Å²) in [6.07, 6.45) is 5.32. The van der Waals surface area contributed by atoms with Crippen LogP contribution in [0.3, 0.4) is 0 Å². The zero-order valence-corrected chi connectivity index (χ0v) is 8.58. The van der Waals surface area contributed by atoms with Crippen molar-refractivity contribution in [3.05, 3.63) is 0 Å². The van der Waals surface area contributed by atoms with Gasteiger partial charge in [0, 0.05) is 12.6 Å². The van der Waals surface area contributed by atoms with Gasteiger partial charge in [-0.3, -0.25) is 4.90 Å². The highest BCUT2D eigenvalue weighted by Crippen LogP contribution is 2.34. The summed E-state index contributed by atoms with van der Waals surface area (Å²) in [6, 6.07) is 0.482. The van der Waals surface area contributed by atoms with E-state index in [1.54, 1.807) is 0 Å². The normalized spacial score (nSPS) is 40.6. The first kappa shape index (κ1) is 9.47. The molecule has 1 saturated carbocycles. The van der Waals surface area contributed by atoms with Gasteiger partial charge in [-0.1, -0.05) is 6.92 Å². The second kappa shape index (κ2) is 3.97. The van der Waals surface area contributed by atoms with Crippen LogP contribution in [0.2, 0.25) is 0 Å². The fraction of sp³-hybridized carbons (Fsp3) is 1.00. The predicted molar refractivity (Wildman–Crippen MR) is 53.6 cm³/mol. The Morgan fingerprint density at radius 2 is 2.15 bits per heavy atom. The maximum Gasteiger partial charge on any atom is 0.0586 e. The summed E-state index contributed by atoms with van der Waals surface area (Å²) in [5, 5.41) is 9.15. The molecule has 1 aliphatic heterocycles. The number of likely N-dealkylation sites (tertiary alicyclic amines) is 1. The Kier molecular flexibility index (Phi) is 2.89. The third-order valence-corrected chi connectivity index (χ3v) is 3.67. The molecule has 1 atom stereocenters. The lowest BCUT2D eigenvalue weighted by Gasteiger charge is -2.37. The third-order valence-electron chi connectivity index (χ3n) is 3.67. The van der Waals surface area contributed by atoms with Gasteiger partial charge in [0.2, 0.25) is 0 Å². The maximum atomic E-state index is 9.15. The lowest BCUT2D eigenvalue weighted by molar-refractivity contribution is 0.0984. The zero-order chi connectivity index (χ0) is 9.26. The summed E-state index contributed by atoms with van der Waals surface area (Å²) in [6.45, 7) is 5.16. The van der Waals surface area contributed by atoms with Crippen molar-refractivity contribution >= 4 is 0 Å². The van der Waals surface area contributed by atoms with Gasteiger partial charge < -0.3 is 5.11 Å². The van der Waals surface area contributed by atoms with Gasteiger partial charge in [-0.15, -0.1) is 0 Å². The second-order valence-electron chi connectivity index (χ2n) is 4.92. The van der Waals surface area contributed by atoms with E-state index in [1.165, 1.54) is 38.8 Å². The van der Waals surface area contributed by atoms with Crippen molar-refractivity contribution in [2.75, 3.05) is 19.7 Å². The molecule has 2 nitrogen and oxygen atoms in total. The number of rotatable bonds is 3. The number of aliphatic hydroxyl groups is 1. The lowest BCUT2D eigenvalue weighted by Crippen LogP contribution is -2.39. The first-order chi connectivity index (χ1) is 6.29. The molecule has 2 heteroatoms. The van der Waals surface area contributed by atoms with Crippen LogP contribution in [0, 0.1) is 11.8 Å². The van der Waals surface area contributed by atoms with Gasteiger partial charge in [-0.25, -0.2) is 0 Å². The number of aliphatic hydroxyl groups excluding tert-OH is 1. The standard InChI is InChI=1S/C11H21NO/c1-9-5-10(6-9)7-12-4-2-3-11(12)8-13/h9-11,13H,2-8H2,1H3/t9?,10?,11-/m0/s1. The highest BCUT2D eigenvalue weighted by molar-refractivity contribution is 4.84.